The molecule has 1 aromatic carbocycles. The third-order valence-electron chi connectivity index (χ3n) is 3.66. The van der Waals surface area contributed by atoms with Crippen molar-refractivity contribution >= 4 is 5.91 Å². The van der Waals surface area contributed by atoms with E-state index in [4.69, 9.17) is 4.74 Å². The minimum absolute atomic E-state index is 0.0456. The van der Waals surface area contributed by atoms with Crippen LogP contribution in [0.4, 0.5) is 0 Å². The fourth-order valence-corrected chi connectivity index (χ4v) is 2.44. The van der Waals surface area contributed by atoms with Crippen LogP contribution >= 0.6 is 0 Å². The summed E-state index contributed by atoms with van der Waals surface area (Å²) in [4.78, 5) is 14.2. The number of aryl methyl sites for hydroxylation is 1. The predicted octanol–water partition coefficient (Wildman–Crippen LogP) is 1.85. The molecular weight excluding hydrogens is 242 g/mol. The molecule has 0 bridgehead atoms. The second-order valence-electron chi connectivity index (χ2n) is 4.90. The molecule has 1 aliphatic rings. The van der Waals surface area contributed by atoms with Crippen molar-refractivity contribution in [3.05, 3.63) is 29.3 Å². The van der Waals surface area contributed by atoms with Gasteiger partial charge in [0.25, 0.3) is 5.91 Å². The Hall–Kier alpha value is -1.55. The summed E-state index contributed by atoms with van der Waals surface area (Å²) in [6.07, 6.45) is 1.92. The number of aliphatic hydroxyl groups excluding tert-OH is 1. The zero-order chi connectivity index (χ0) is 13.8. The third-order valence-corrected chi connectivity index (χ3v) is 3.66. The number of amides is 1. The van der Waals surface area contributed by atoms with Crippen LogP contribution < -0.4 is 4.74 Å². The van der Waals surface area contributed by atoms with Crippen LogP contribution in [-0.2, 0) is 6.42 Å². The number of ether oxygens (including phenoxy) is 1. The molecule has 0 radical (unpaired) electrons. The van der Waals surface area contributed by atoms with Gasteiger partial charge in [0.05, 0.1) is 13.2 Å². The average Bonchev–Trinajstić information content (AvgIpc) is 2.46. The first kappa shape index (κ1) is 13.9. The van der Waals surface area contributed by atoms with E-state index in [9.17, 15) is 9.90 Å². The van der Waals surface area contributed by atoms with Crippen LogP contribution in [0.1, 0.15) is 35.7 Å². The van der Waals surface area contributed by atoms with Crippen LogP contribution in [0, 0.1) is 0 Å². The van der Waals surface area contributed by atoms with Gasteiger partial charge in [-0.05, 0) is 43.0 Å². The number of aliphatic hydroxyl groups is 1. The van der Waals surface area contributed by atoms with Crippen molar-refractivity contribution in [3.8, 4) is 5.75 Å². The number of rotatable bonds is 3. The molecular formula is C15H21NO3. The van der Waals surface area contributed by atoms with E-state index < -0.39 is 0 Å². The van der Waals surface area contributed by atoms with Crippen LogP contribution in [0.15, 0.2) is 18.2 Å². The highest BCUT2D eigenvalue weighted by molar-refractivity contribution is 5.94. The highest BCUT2D eigenvalue weighted by Crippen LogP contribution is 2.22. The Morgan fingerprint density at radius 2 is 2.11 bits per heavy atom. The lowest BCUT2D eigenvalue weighted by atomic mass is 10.0. The van der Waals surface area contributed by atoms with Gasteiger partial charge in [0.15, 0.2) is 0 Å². The molecule has 1 heterocycles. The van der Waals surface area contributed by atoms with E-state index in [1.807, 2.05) is 30.0 Å². The molecule has 104 valence electrons. The minimum atomic E-state index is -0.258. The molecule has 4 nitrogen and oxygen atoms in total. The van der Waals surface area contributed by atoms with Gasteiger partial charge in [-0.3, -0.25) is 4.79 Å². The molecule has 0 aliphatic carbocycles. The summed E-state index contributed by atoms with van der Waals surface area (Å²) in [6, 6.07) is 5.57. The summed E-state index contributed by atoms with van der Waals surface area (Å²) < 4.78 is 5.27. The molecule has 2 rings (SSSR count). The molecule has 0 aromatic heterocycles. The number of piperidine rings is 1. The summed E-state index contributed by atoms with van der Waals surface area (Å²) in [5.41, 5.74) is 1.75. The number of likely N-dealkylation sites (tertiary alicyclic amines) is 1. The van der Waals surface area contributed by atoms with E-state index in [-0.39, 0.29) is 12.0 Å². The average molecular weight is 263 g/mol. The summed E-state index contributed by atoms with van der Waals surface area (Å²) in [6.45, 7) is 3.31. The SMILES string of the molecule is CCc1cc(C(=O)N2CCC(O)CC2)ccc1OC. The van der Waals surface area contributed by atoms with E-state index >= 15 is 0 Å². The molecule has 19 heavy (non-hydrogen) atoms. The topological polar surface area (TPSA) is 49.8 Å². The van der Waals surface area contributed by atoms with Gasteiger partial charge in [-0.1, -0.05) is 6.92 Å². The number of hydrogen-bond acceptors (Lipinski definition) is 3. The Balaban J connectivity index is 2.15. The highest BCUT2D eigenvalue weighted by atomic mass is 16.5. The summed E-state index contributed by atoms with van der Waals surface area (Å²) in [5, 5.41) is 9.48. The quantitative estimate of drug-likeness (QED) is 0.905. The molecule has 0 saturated carbocycles. The third kappa shape index (κ3) is 3.07. The Labute approximate surface area is 114 Å². The summed E-state index contributed by atoms with van der Waals surface area (Å²) >= 11 is 0. The van der Waals surface area contributed by atoms with E-state index in [0.717, 1.165) is 17.7 Å². The monoisotopic (exact) mass is 263 g/mol. The maximum absolute atomic E-state index is 12.4. The molecule has 0 unspecified atom stereocenters. The summed E-state index contributed by atoms with van der Waals surface area (Å²) in [5.74, 6) is 0.873. The van der Waals surface area contributed by atoms with E-state index in [1.54, 1.807) is 7.11 Å². The van der Waals surface area contributed by atoms with Gasteiger partial charge in [0.2, 0.25) is 0 Å². The number of carbonyl (C=O) groups is 1. The van der Waals surface area contributed by atoms with Crippen molar-refractivity contribution in [1.82, 2.24) is 4.90 Å². The first-order chi connectivity index (χ1) is 9.15. The standard InChI is InChI=1S/C15H21NO3/c1-3-11-10-12(4-5-14(11)19-2)15(18)16-8-6-13(17)7-9-16/h4-5,10,13,17H,3,6-9H2,1-2H3. The van der Waals surface area contributed by atoms with Gasteiger partial charge >= 0.3 is 0 Å². The molecule has 1 aliphatic heterocycles. The zero-order valence-corrected chi connectivity index (χ0v) is 11.6. The van der Waals surface area contributed by atoms with Crippen molar-refractivity contribution in [2.75, 3.05) is 20.2 Å². The fourth-order valence-electron chi connectivity index (χ4n) is 2.44. The Kier molecular flexibility index (Phi) is 4.43. The maximum Gasteiger partial charge on any atom is 0.253 e. The maximum atomic E-state index is 12.4. The first-order valence-corrected chi connectivity index (χ1v) is 6.80. The number of hydrogen-bond donors (Lipinski definition) is 1. The largest absolute Gasteiger partial charge is 0.496 e. The van der Waals surface area contributed by atoms with Gasteiger partial charge in [0.1, 0.15) is 5.75 Å². The lowest BCUT2D eigenvalue weighted by Gasteiger charge is -2.29. The first-order valence-electron chi connectivity index (χ1n) is 6.80. The molecule has 0 spiro atoms. The van der Waals surface area contributed by atoms with E-state index in [2.05, 4.69) is 0 Å². The number of benzene rings is 1. The normalized spacial score (nSPS) is 16.5. The predicted molar refractivity (Wildman–Crippen MR) is 73.5 cm³/mol. The van der Waals surface area contributed by atoms with E-state index in [1.165, 1.54) is 0 Å². The molecule has 1 fully saturated rings. The molecule has 1 N–H and O–H groups in total. The van der Waals surface area contributed by atoms with Crippen molar-refractivity contribution in [2.45, 2.75) is 32.3 Å². The number of methoxy groups -OCH3 is 1. The van der Waals surface area contributed by atoms with Gasteiger partial charge in [0, 0.05) is 18.7 Å². The van der Waals surface area contributed by atoms with Gasteiger partial charge in [-0.25, -0.2) is 0 Å². The van der Waals surface area contributed by atoms with Crippen LogP contribution in [0.5, 0.6) is 5.75 Å². The Morgan fingerprint density at radius 1 is 1.42 bits per heavy atom. The van der Waals surface area contributed by atoms with E-state index in [0.29, 0.717) is 31.5 Å². The lowest BCUT2D eigenvalue weighted by molar-refractivity contribution is 0.0546. The smallest absolute Gasteiger partial charge is 0.253 e. The second-order valence-corrected chi connectivity index (χ2v) is 4.90. The Morgan fingerprint density at radius 3 is 2.68 bits per heavy atom. The van der Waals surface area contributed by atoms with Crippen LogP contribution in [0.3, 0.4) is 0 Å². The molecule has 4 heteroatoms. The number of carbonyl (C=O) groups excluding carboxylic acids is 1. The Bertz CT molecular complexity index is 451. The molecule has 0 atom stereocenters. The molecule has 1 saturated heterocycles. The van der Waals surface area contributed by atoms with Crippen LogP contribution in [-0.4, -0.2) is 42.2 Å². The van der Waals surface area contributed by atoms with Gasteiger partial charge in [-0.2, -0.15) is 0 Å². The van der Waals surface area contributed by atoms with Crippen molar-refractivity contribution in [3.63, 3.8) is 0 Å². The lowest BCUT2D eigenvalue weighted by Crippen LogP contribution is -2.40. The van der Waals surface area contributed by atoms with Crippen LogP contribution in [0.2, 0.25) is 0 Å². The van der Waals surface area contributed by atoms with Crippen molar-refractivity contribution in [1.29, 1.82) is 0 Å². The van der Waals surface area contributed by atoms with Crippen molar-refractivity contribution in [2.24, 2.45) is 0 Å². The van der Waals surface area contributed by atoms with Crippen molar-refractivity contribution < 1.29 is 14.6 Å². The number of nitrogens with zero attached hydrogens (tertiary/aromatic N) is 1. The van der Waals surface area contributed by atoms with Crippen LogP contribution in [0.25, 0.3) is 0 Å². The highest BCUT2D eigenvalue weighted by Gasteiger charge is 2.22. The minimum Gasteiger partial charge on any atom is -0.496 e. The molecule has 1 amide bonds. The summed E-state index contributed by atoms with van der Waals surface area (Å²) in [7, 11) is 1.64. The zero-order valence-electron chi connectivity index (χ0n) is 11.6. The molecule has 1 aromatic rings. The second kappa shape index (κ2) is 6.06. The van der Waals surface area contributed by atoms with Gasteiger partial charge in [-0.15, -0.1) is 0 Å². The van der Waals surface area contributed by atoms with Gasteiger partial charge < -0.3 is 14.7 Å². The fraction of sp³-hybridized carbons (Fsp3) is 0.533.